The van der Waals surface area contributed by atoms with Crippen LogP contribution in [0.25, 0.3) is 0 Å². The molecule has 0 saturated carbocycles. The smallest absolute Gasteiger partial charge is 0.0525 e. The summed E-state index contributed by atoms with van der Waals surface area (Å²) in [6, 6.07) is 5.37. The number of nitrogens with zero attached hydrogens (tertiary/aromatic N) is 2. The summed E-state index contributed by atoms with van der Waals surface area (Å²) >= 11 is 1.89. The van der Waals surface area contributed by atoms with E-state index in [1.165, 1.54) is 16.8 Å². The molecule has 21 heavy (non-hydrogen) atoms. The lowest BCUT2D eigenvalue weighted by atomic mass is 10.00. The van der Waals surface area contributed by atoms with E-state index in [1.807, 2.05) is 23.7 Å². The summed E-state index contributed by atoms with van der Waals surface area (Å²) in [6.45, 7) is 8.63. The average molecular weight is 301 g/mol. The molecule has 3 rings (SSSR count). The molecule has 2 aromatic heterocycles. The molecule has 112 valence electrons. The Morgan fingerprint density at radius 3 is 3.10 bits per heavy atom. The summed E-state index contributed by atoms with van der Waals surface area (Å²) in [4.78, 5) is 8.39. The Morgan fingerprint density at radius 1 is 1.43 bits per heavy atom. The first-order chi connectivity index (χ1) is 10.2. The van der Waals surface area contributed by atoms with Crippen LogP contribution < -0.4 is 10.2 Å². The third-order valence-electron chi connectivity index (χ3n) is 4.17. The summed E-state index contributed by atoms with van der Waals surface area (Å²) in [5.74, 6) is 0. The zero-order chi connectivity index (χ0) is 14.8. The fourth-order valence-electron chi connectivity index (χ4n) is 2.99. The van der Waals surface area contributed by atoms with E-state index in [1.54, 1.807) is 4.88 Å². The number of hydrogen-bond acceptors (Lipinski definition) is 4. The zero-order valence-corrected chi connectivity index (χ0v) is 13.8. The molecule has 0 amide bonds. The number of rotatable bonds is 4. The fraction of sp³-hybridized carbons (Fsp3) is 0.471. The number of pyridine rings is 1. The van der Waals surface area contributed by atoms with Crippen LogP contribution in [-0.2, 0) is 13.0 Å². The van der Waals surface area contributed by atoms with Crippen molar-refractivity contribution in [2.24, 2.45) is 0 Å². The molecule has 0 aromatic carbocycles. The van der Waals surface area contributed by atoms with Crippen LogP contribution in [0.3, 0.4) is 0 Å². The van der Waals surface area contributed by atoms with Crippen molar-refractivity contribution >= 4 is 17.0 Å². The highest BCUT2D eigenvalue weighted by atomic mass is 32.1. The van der Waals surface area contributed by atoms with Crippen molar-refractivity contribution in [2.45, 2.75) is 45.8 Å². The first-order valence-electron chi connectivity index (χ1n) is 7.66. The fourth-order valence-corrected chi connectivity index (χ4v) is 3.95. The average Bonchev–Trinajstić information content (AvgIpc) is 2.95. The summed E-state index contributed by atoms with van der Waals surface area (Å²) < 4.78 is 0. The minimum absolute atomic E-state index is 0.445. The van der Waals surface area contributed by atoms with Crippen LogP contribution in [0.4, 0.5) is 5.69 Å². The predicted molar refractivity (Wildman–Crippen MR) is 90.0 cm³/mol. The van der Waals surface area contributed by atoms with E-state index >= 15 is 0 Å². The summed E-state index contributed by atoms with van der Waals surface area (Å²) in [5.41, 5.74) is 4.10. The normalized spacial score (nSPS) is 18.1. The Bertz CT molecular complexity index is 606. The van der Waals surface area contributed by atoms with Gasteiger partial charge in [0, 0.05) is 47.7 Å². The topological polar surface area (TPSA) is 28.2 Å². The van der Waals surface area contributed by atoms with E-state index in [2.05, 4.69) is 53.5 Å². The molecule has 1 aliphatic heterocycles. The molecule has 4 heteroatoms. The van der Waals surface area contributed by atoms with E-state index in [-0.39, 0.29) is 0 Å². The van der Waals surface area contributed by atoms with Crippen LogP contribution >= 0.6 is 11.3 Å². The van der Waals surface area contributed by atoms with Crippen molar-refractivity contribution in [1.29, 1.82) is 0 Å². The maximum atomic E-state index is 4.31. The molecule has 0 aliphatic carbocycles. The minimum Gasteiger partial charge on any atom is -0.364 e. The predicted octanol–water partition coefficient (Wildman–Crippen LogP) is 3.76. The first-order valence-corrected chi connectivity index (χ1v) is 8.54. The van der Waals surface area contributed by atoms with Crippen LogP contribution in [-0.4, -0.2) is 17.6 Å². The largest absolute Gasteiger partial charge is 0.364 e. The van der Waals surface area contributed by atoms with Crippen LogP contribution in [0.1, 0.15) is 42.8 Å². The summed E-state index contributed by atoms with van der Waals surface area (Å²) in [5, 5.41) is 5.73. The Kier molecular flexibility index (Phi) is 4.27. The van der Waals surface area contributed by atoms with Gasteiger partial charge in [0.2, 0.25) is 0 Å². The lowest BCUT2D eigenvalue weighted by molar-refractivity contribution is 0.580. The number of nitrogens with one attached hydrogen (secondary N) is 1. The molecular formula is C17H23N3S. The number of anilines is 1. The Hall–Kier alpha value is -1.39. The molecule has 0 bridgehead atoms. The van der Waals surface area contributed by atoms with Crippen molar-refractivity contribution in [1.82, 2.24) is 10.3 Å². The second kappa shape index (κ2) is 6.16. The van der Waals surface area contributed by atoms with Gasteiger partial charge in [-0.1, -0.05) is 13.8 Å². The van der Waals surface area contributed by atoms with Gasteiger partial charge in [0.15, 0.2) is 0 Å². The highest BCUT2D eigenvalue weighted by molar-refractivity contribution is 7.10. The quantitative estimate of drug-likeness (QED) is 0.932. The van der Waals surface area contributed by atoms with Crippen molar-refractivity contribution < 1.29 is 0 Å². The van der Waals surface area contributed by atoms with Gasteiger partial charge in [-0.2, -0.15) is 0 Å². The first kappa shape index (κ1) is 14.5. The second-order valence-electron chi connectivity index (χ2n) is 5.96. The summed E-state index contributed by atoms with van der Waals surface area (Å²) in [7, 11) is 0. The van der Waals surface area contributed by atoms with Gasteiger partial charge in [0.1, 0.15) is 0 Å². The third kappa shape index (κ3) is 2.97. The number of hydrogen-bond donors (Lipinski definition) is 1. The highest BCUT2D eigenvalue weighted by Gasteiger charge is 2.26. The maximum Gasteiger partial charge on any atom is 0.0525 e. The Morgan fingerprint density at radius 2 is 2.29 bits per heavy atom. The van der Waals surface area contributed by atoms with Crippen LogP contribution in [0, 0.1) is 0 Å². The minimum atomic E-state index is 0.445. The SMILES string of the molecule is CC(C)NCc1cnccc1N1CCc2sccc2C1C. The molecule has 1 atom stereocenters. The summed E-state index contributed by atoms with van der Waals surface area (Å²) in [6.07, 6.45) is 5.06. The molecule has 1 N–H and O–H groups in total. The molecule has 1 unspecified atom stereocenters. The molecule has 2 aromatic rings. The molecule has 0 spiro atoms. The number of aromatic nitrogens is 1. The second-order valence-corrected chi connectivity index (χ2v) is 6.96. The zero-order valence-electron chi connectivity index (χ0n) is 13.0. The van der Waals surface area contributed by atoms with Gasteiger partial charge in [-0.05, 0) is 36.4 Å². The molecular weight excluding hydrogens is 278 g/mol. The van der Waals surface area contributed by atoms with E-state index in [9.17, 15) is 0 Å². The van der Waals surface area contributed by atoms with Crippen molar-refractivity contribution in [3.63, 3.8) is 0 Å². The van der Waals surface area contributed by atoms with E-state index in [4.69, 9.17) is 0 Å². The molecule has 0 fully saturated rings. The maximum absolute atomic E-state index is 4.31. The Balaban J connectivity index is 1.87. The molecule has 3 heterocycles. The van der Waals surface area contributed by atoms with E-state index in [0.29, 0.717) is 12.1 Å². The van der Waals surface area contributed by atoms with Gasteiger partial charge in [-0.25, -0.2) is 0 Å². The van der Waals surface area contributed by atoms with Gasteiger partial charge < -0.3 is 10.2 Å². The number of fused-ring (bicyclic) bond motifs is 1. The lowest BCUT2D eigenvalue weighted by Crippen LogP contribution is -2.34. The lowest BCUT2D eigenvalue weighted by Gasteiger charge is -2.36. The third-order valence-corrected chi connectivity index (χ3v) is 5.16. The van der Waals surface area contributed by atoms with Gasteiger partial charge in [-0.3, -0.25) is 4.98 Å². The van der Waals surface area contributed by atoms with Gasteiger partial charge in [-0.15, -0.1) is 11.3 Å². The van der Waals surface area contributed by atoms with Crippen LogP contribution in [0.15, 0.2) is 29.9 Å². The molecule has 0 radical (unpaired) electrons. The number of thiophene rings is 1. The molecule has 1 aliphatic rings. The van der Waals surface area contributed by atoms with Crippen LogP contribution in [0.5, 0.6) is 0 Å². The van der Waals surface area contributed by atoms with E-state index < -0.39 is 0 Å². The van der Waals surface area contributed by atoms with E-state index in [0.717, 1.165) is 19.5 Å². The van der Waals surface area contributed by atoms with Crippen molar-refractivity contribution in [3.8, 4) is 0 Å². The van der Waals surface area contributed by atoms with Gasteiger partial charge in [0.05, 0.1) is 6.04 Å². The highest BCUT2D eigenvalue weighted by Crippen LogP contribution is 2.37. The molecule has 3 nitrogen and oxygen atoms in total. The molecule has 0 saturated heterocycles. The van der Waals surface area contributed by atoms with Gasteiger partial charge in [0.25, 0.3) is 0 Å². The van der Waals surface area contributed by atoms with Gasteiger partial charge >= 0.3 is 0 Å². The van der Waals surface area contributed by atoms with Crippen molar-refractivity contribution in [2.75, 3.05) is 11.4 Å². The van der Waals surface area contributed by atoms with Crippen LogP contribution in [0.2, 0.25) is 0 Å². The monoisotopic (exact) mass is 301 g/mol. The standard InChI is InChI=1S/C17H23N3S/c1-12(2)19-11-14-10-18-7-4-16(14)20-8-5-17-15(13(20)3)6-9-21-17/h4,6-7,9-10,12-13,19H,5,8,11H2,1-3H3. The van der Waals surface area contributed by atoms with Crippen molar-refractivity contribution in [3.05, 3.63) is 45.9 Å². The Labute approximate surface area is 131 Å².